The molecule has 1 saturated heterocycles. The van der Waals surface area contributed by atoms with Gasteiger partial charge in [0.25, 0.3) is 0 Å². The number of fused-ring (bicyclic) bond motifs is 3. The molecule has 0 saturated carbocycles. The zero-order chi connectivity index (χ0) is 17.6. The van der Waals surface area contributed by atoms with Gasteiger partial charge in [-0.15, -0.1) is 0 Å². The molecule has 2 aliphatic rings. The van der Waals surface area contributed by atoms with E-state index in [1.54, 1.807) is 19.1 Å². The lowest BCUT2D eigenvalue weighted by atomic mass is 9.83. The van der Waals surface area contributed by atoms with E-state index in [9.17, 15) is 9.59 Å². The number of hydrogen-bond donors (Lipinski definition) is 0. The van der Waals surface area contributed by atoms with Crippen molar-refractivity contribution in [1.29, 1.82) is 0 Å². The highest BCUT2D eigenvalue weighted by Crippen LogP contribution is 2.43. The van der Waals surface area contributed by atoms with E-state index in [4.69, 9.17) is 4.74 Å². The summed E-state index contributed by atoms with van der Waals surface area (Å²) in [6.07, 6.45) is 0.676. The molecule has 5 nitrogen and oxygen atoms in total. The zero-order valence-corrected chi connectivity index (χ0v) is 14.3. The SMILES string of the molecule is COc1ccc2c(c1)C[C@@H](c1ccccc1)N1C(=O)C(=O)N(C)C[C@@H]21. The minimum Gasteiger partial charge on any atom is -0.497 e. The molecular weight excluding hydrogens is 316 g/mol. The molecule has 2 atom stereocenters. The summed E-state index contributed by atoms with van der Waals surface area (Å²) in [5.74, 6) is -0.0474. The molecule has 0 spiro atoms. The summed E-state index contributed by atoms with van der Waals surface area (Å²) in [4.78, 5) is 28.4. The fourth-order valence-electron chi connectivity index (χ4n) is 3.92. The van der Waals surface area contributed by atoms with E-state index in [0.717, 1.165) is 16.9 Å². The number of nitrogens with zero attached hydrogens (tertiary/aromatic N) is 2. The van der Waals surface area contributed by atoms with Gasteiger partial charge in [0.2, 0.25) is 0 Å². The Morgan fingerprint density at radius 1 is 1.00 bits per heavy atom. The van der Waals surface area contributed by atoms with Crippen molar-refractivity contribution in [3.05, 3.63) is 65.2 Å². The predicted octanol–water partition coefficient (Wildman–Crippen LogP) is 2.33. The number of likely N-dealkylation sites (N-methyl/N-ethyl adjacent to an activating group) is 1. The van der Waals surface area contributed by atoms with Crippen LogP contribution in [0, 0.1) is 0 Å². The van der Waals surface area contributed by atoms with Gasteiger partial charge < -0.3 is 14.5 Å². The molecule has 0 N–H and O–H groups in total. The van der Waals surface area contributed by atoms with E-state index in [2.05, 4.69) is 0 Å². The third kappa shape index (κ3) is 2.47. The van der Waals surface area contributed by atoms with E-state index in [1.165, 1.54) is 10.5 Å². The third-order valence-corrected chi connectivity index (χ3v) is 5.19. The number of hydrogen-bond acceptors (Lipinski definition) is 3. The van der Waals surface area contributed by atoms with Gasteiger partial charge in [-0.1, -0.05) is 36.4 Å². The molecule has 2 aromatic rings. The van der Waals surface area contributed by atoms with E-state index in [1.807, 2.05) is 48.5 Å². The summed E-state index contributed by atoms with van der Waals surface area (Å²) in [6, 6.07) is 15.6. The first-order chi connectivity index (χ1) is 12.1. The molecule has 2 heterocycles. The van der Waals surface area contributed by atoms with E-state index >= 15 is 0 Å². The number of piperazine rings is 1. The molecule has 2 aromatic carbocycles. The number of ether oxygens (including phenoxy) is 1. The minimum atomic E-state index is -0.436. The van der Waals surface area contributed by atoms with Gasteiger partial charge in [0, 0.05) is 13.6 Å². The average Bonchev–Trinajstić information content (AvgIpc) is 2.65. The Bertz CT molecular complexity index is 834. The highest BCUT2D eigenvalue weighted by Gasteiger charge is 2.45. The first-order valence-corrected chi connectivity index (χ1v) is 8.39. The fraction of sp³-hybridized carbons (Fsp3) is 0.300. The van der Waals surface area contributed by atoms with Crippen LogP contribution in [0.4, 0.5) is 0 Å². The number of benzene rings is 2. The van der Waals surface area contributed by atoms with Crippen LogP contribution in [-0.2, 0) is 16.0 Å². The quantitative estimate of drug-likeness (QED) is 0.791. The highest BCUT2D eigenvalue weighted by atomic mass is 16.5. The third-order valence-electron chi connectivity index (χ3n) is 5.19. The summed E-state index contributed by atoms with van der Waals surface area (Å²) in [6.45, 7) is 0.507. The normalized spacial score (nSPS) is 22.5. The Morgan fingerprint density at radius 2 is 1.76 bits per heavy atom. The second-order valence-corrected chi connectivity index (χ2v) is 6.61. The summed E-state index contributed by atoms with van der Waals surface area (Å²) in [5.41, 5.74) is 3.32. The summed E-state index contributed by atoms with van der Waals surface area (Å²) >= 11 is 0. The van der Waals surface area contributed by atoms with Crippen molar-refractivity contribution in [3.8, 4) is 5.75 Å². The Hall–Kier alpha value is -2.82. The van der Waals surface area contributed by atoms with Crippen molar-refractivity contribution in [2.75, 3.05) is 20.7 Å². The molecular formula is C20H20N2O3. The zero-order valence-electron chi connectivity index (χ0n) is 14.3. The second-order valence-electron chi connectivity index (χ2n) is 6.61. The molecule has 4 rings (SSSR count). The summed E-state index contributed by atoms with van der Waals surface area (Å²) < 4.78 is 5.37. The number of carbonyl (C=O) groups excluding carboxylic acids is 2. The molecule has 0 radical (unpaired) electrons. The van der Waals surface area contributed by atoms with Gasteiger partial charge in [-0.2, -0.15) is 0 Å². The van der Waals surface area contributed by atoms with Crippen LogP contribution in [-0.4, -0.2) is 42.3 Å². The van der Waals surface area contributed by atoms with Crippen LogP contribution < -0.4 is 4.74 Å². The maximum atomic E-state index is 12.8. The molecule has 25 heavy (non-hydrogen) atoms. The molecule has 2 amide bonds. The first kappa shape index (κ1) is 15.7. The summed E-state index contributed by atoms with van der Waals surface area (Å²) in [7, 11) is 3.34. The number of amides is 2. The van der Waals surface area contributed by atoms with Crippen molar-refractivity contribution >= 4 is 11.8 Å². The lowest BCUT2D eigenvalue weighted by molar-refractivity contribution is -0.161. The number of carbonyl (C=O) groups is 2. The average molecular weight is 336 g/mol. The van der Waals surface area contributed by atoms with Crippen LogP contribution in [0.2, 0.25) is 0 Å². The van der Waals surface area contributed by atoms with Gasteiger partial charge in [0.1, 0.15) is 5.75 Å². The van der Waals surface area contributed by atoms with Gasteiger partial charge in [-0.05, 0) is 35.2 Å². The van der Waals surface area contributed by atoms with Crippen molar-refractivity contribution in [1.82, 2.24) is 9.80 Å². The van der Waals surface area contributed by atoms with Crippen LogP contribution in [0.25, 0.3) is 0 Å². The van der Waals surface area contributed by atoms with Crippen molar-refractivity contribution in [2.24, 2.45) is 0 Å². The first-order valence-electron chi connectivity index (χ1n) is 8.39. The number of methoxy groups -OCH3 is 1. The lowest BCUT2D eigenvalue weighted by Crippen LogP contribution is -2.57. The second kappa shape index (κ2) is 5.92. The lowest BCUT2D eigenvalue weighted by Gasteiger charge is -2.47. The van der Waals surface area contributed by atoms with Gasteiger partial charge in [-0.25, -0.2) is 0 Å². The number of rotatable bonds is 2. The summed E-state index contributed by atoms with van der Waals surface area (Å²) in [5, 5.41) is 0. The molecule has 2 aliphatic heterocycles. The minimum absolute atomic E-state index is 0.130. The van der Waals surface area contributed by atoms with Crippen LogP contribution in [0.3, 0.4) is 0 Å². The Labute approximate surface area is 146 Å². The molecule has 0 aromatic heterocycles. The standard InChI is InChI=1S/C20H20N2O3/c1-21-12-18-16-9-8-15(25-2)10-14(16)11-17(13-6-4-3-5-7-13)22(18)20(24)19(21)23/h3-10,17-18H,11-12H2,1-2H3/t17-,18-/m0/s1. The Kier molecular flexibility index (Phi) is 3.71. The maximum absolute atomic E-state index is 12.8. The monoisotopic (exact) mass is 336 g/mol. The predicted molar refractivity (Wildman–Crippen MR) is 93.1 cm³/mol. The largest absolute Gasteiger partial charge is 0.497 e. The van der Waals surface area contributed by atoms with Crippen molar-refractivity contribution in [3.63, 3.8) is 0 Å². The fourth-order valence-corrected chi connectivity index (χ4v) is 3.92. The van der Waals surface area contributed by atoms with Crippen molar-refractivity contribution < 1.29 is 14.3 Å². The van der Waals surface area contributed by atoms with E-state index < -0.39 is 11.8 Å². The highest BCUT2D eigenvalue weighted by molar-refractivity contribution is 6.35. The molecule has 0 unspecified atom stereocenters. The van der Waals surface area contributed by atoms with E-state index in [-0.39, 0.29) is 12.1 Å². The molecule has 0 bridgehead atoms. The Morgan fingerprint density at radius 3 is 2.48 bits per heavy atom. The molecule has 1 fully saturated rings. The van der Waals surface area contributed by atoms with Gasteiger partial charge in [0.05, 0.1) is 19.2 Å². The maximum Gasteiger partial charge on any atom is 0.313 e. The van der Waals surface area contributed by atoms with Gasteiger partial charge in [0.15, 0.2) is 0 Å². The molecule has 0 aliphatic carbocycles. The van der Waals surface area contributed by atoms with E-state index in [0.29, 0.717) is 13.0 Å². The van der Waals surface area contributed by atoms with Crippen molar-refractivity contribution in [2.45, 2.75) is 18.5 Å². The van der Waals surface area contributed by atoms with Crippen LogP contribution >= 0.6 is 0 Å². The van der Waals surface area contributed by atoms with Crippen LogP contribution in [0.15, 0.2) is 48.5 Å². The van der Waals surface area contributed by atoms with Gasteiger partial charge >= 0.3 is 11.8 Å². The smallest absolute Gasteiger partial charge is 0.313 e. The molecule has 5 heteroatoms. The van der Waals surface area contributed by atoms with Crippen LogP contribution in [0.5, 0.6) is 5.75 Å². The topological polar surface area (TPSA) is 49.9 Å². The van der Waals surface area contributed by atoms with Crippen LogP contribution in [0.1, 0.15) is 28.8 Å². The Balaban J connectivity index is 1.85. The molecule has 128 valence electrons. The van der Waals surface area contributed by atoms with Gasteiger partial charge in [-0.3, -0.25) is 9.59 Å².